The minimum Gasteiger partial charge on any atom is -0.340 e. The van der Waals surface area contributed by atoms with Crippen molar-refractivity contribution >= 4 is 5.91 Å². The van der Waals surface area contributed by atoms with Gasteiger partial charge < -0.3 is 4.90 Å². The molecule has 128 valence electrons. The second kappa shape index (κ2) is 7.53. The van der Waals surface area contributed by atoms with Gasteiger partial charge >= 0.3 is 0 Å². The van der Waals surface area contributed by atoms with Crippen LogP contribution in [0.5, 0.6) is 0 Å². The zero-order valence-corrected chi connectivity index (χ0v) is 13.8. The highest BCUT2D eigenvalue weighted by Gasteiger charge is 2.22. The van der Waals surface area contributed by atoms with Crippen LogP contribution in [0.4, 0.5) is 4.39 Å². The highest BCUT2D eigenvalue weighted by Crippen LogP contribution is 2.11. The first-order valence-electron chi connectivity index (χ1n) is 8.29. The number of nitrogens with one attached hydrogen (secondary N) is 1. The molecule has 1 aliphatic heterocycles. The second-order valence-electron chi connectivity index (χ2n) is 5.98. The SMILES string of the molecule is CCc1n[nH]c(CN2CCN(C(=O)Cc3ccccc3F)CC2)n1. The van der Waals surface area contributed by atoms with Crippen molar-refractivity contribution < 1.29 is 9.18 Å². The zero-order chi connectivity index (χ0) is 16.9. The summed E-state index contributed by atoms with van der Waals surface area (Å²) in [5.74, 6) is 1.34. The van der Waals surface area contributed by atoms with E-state index in [-0.39, 0.29) is 18.1 Å². The Bertz CT molecular complexity index is 694. The Morgan fingerprint density at radius 2 is 2.00 bits per heavy atom. The number of piperazine rings is 1. The molecule has 6 nitrogen and oxygen atoms in total. The van der Waals surface area contributed by atoms with Crippen LogP contribution in [0.3, 0.4) is 0 Å². The predicted octanol–water partition coefficient (Wildman–Crippen LogP) is 1.39. The van der Waals surface area contributed by atoms with Crippen LogP contribution in [0, 0.1) is 5.82 Å². The van der Waals surface area contributed by atoms with Gasteiger partial charge in [0, 0.05) is 32.6 Å². The molecule has 1 amide bonds. The van der Waals surface area contributed by atoms with Crippen molar-refractivity contribution in [1.82, 2.24) is 25.0 Å². The summed E-state index contributed by atoms with van der Waals surface area (Å²) in [4.78, 5) is 20.8. The molecule has 1 aliphatic rings. The first-order chi connectivity index (χ1) is 11.7. The average Bonchev–Trinajstić information content (AvgIpc) is 3.05. The largest absolute Gasteiger partial charge is 0.340 e. The predicted molar refractivity (Wildman–Crippen MR) is 87.7 cm³/mol. The van der Waals surface area contributed by atoms with Crippen molar-refractivity contribution in [2.45, 2.75) is 26.3 Å². The Labute approximate surface area is 140 Å². The second-order valence-corrected chi connectivity index (χ2v) is 5.98. The summed E-state index contributed by atoms with van der Waals surface area (Å²) < 4.78 is 13.7. The van der Waals surface area contributed by atoms with Gasteiger partial charge in [-0.25, -0.2) is 9.37 Å². The molecule has 3 rings (SSSR count). The zero-order valence-electron chi connectivity index (χ0n) is 13.8. The molecule has 1 aromatic heterocycles. The Morgan fingerprint density at radius 1 is 1.25 bits per heavy atom. The van der Waals surface area contributed by atoms with Gasteiger partial charge in [0.2, 0.25) is 5.91 Å². The van der Waals surface area contributed by atoms with Gasteiger partial charge in [0.1, 0.15) is 17.5 Å². The number of halogens is 1. The third-order valence-electron chi connectivity index (χ3n) is 4.29. The smallest absolute Gasteiger partial charge is 0.227 e. The molecule has 1 N–H and O–H groups in total. The number of rotatable bonds is 5. The Morgan fingerprint density at radius 3 is 2.67 bits per heavy atom. The molecule has 24 heavy (non-hydrogen) atoms. The van der Waals surface area contributed by atoms with Crippen LogP contribution in [0.2, 0.25) is 0 Å². The van der Waals surface area contributed by atoms with E-state index in [2.05, 4.69) is 20.1 Å². The van der Waals surface area contributed by atoms with Gasteiger partial charge in [0.15, 0.2) is 0 Å². The van der Waals surface area contributed by atoms with Crippen LogP contribution < -0.4 is 0 Å². The highest BCUT2D eigenvalue weighted by atomic mass is 19.1. The molecule has 2 heterocycles. The summed E-state index contributed by atoms with van der Waals surface area (Å²) in [7, 11) is 0. The van der Waals surface area contributed by atoms with E-state index in [1.54, 1.807) is 23.1 Å². The number of nitrogens with zero attached hydrogens (tertiary/aromatic N) is 4. The van der Waals surface area contributed by atoms with Gasteiger partial charge in [0.25, 0.3) is 0 Å². The van der Waals surface area contributed by atoms with Crippen LogP contribution >= 0.6 is 0 Å². The number of hydrogen-bond donors (Lipinski definition) is 1. The van der Waals surface area contributed by atoms with Crippen molar-refractivity contribution in [3.63, 3.8) is 0 Å². The van der Waals surface area contributed by atoms with Crippen LogP contribution in [-0.2, 0) is 24.2 Å². The molecule has 0 spiro atoms. The summed E-state index contributed by atoms with van der Waals surface area (Å²) in [6.45, 7) is 5.61. The molecule has 0 saturated carbocycles. The maximum absolute atomic E-state index is 13.7. The summed E-state index contributed by atoms with van der Waals surface area (Å²) in [6, 6.07) is 6.45. The number of aryl methyl sites for hydroxylation is 1. The summed E-state index contributed by atoms with van der Waals surface area (Å²) in [6.07, 6.45) is 0.934. The number of carbonyl (C=O) groups excluding carboxylic acids is 1. The van der Waals surface area contributed by atoms with Crippen molar-refractivity contribution in [2.75, 3.05) is 26.2 Å². The van der Waals surface area contributed by atoms with E-state index in [0.717, 1.165) is 31.2 Å². The molecule has 1 saturated heterocycles. The van der Waals surface area contributed by atoms with Crippen molar-refractivity contribution in [3.8, 4) is 0 Å². The van der Waals surface area contributed by atoms with Gasteiger partial charge in [-0.15, -0.1) is 0 Å². The van der Waals surface area contributed by atoms with E-state index in [1.807, 2.05) is 6.92 Å². The summed E-state index contributed by atoms with van der Waals surface area (Å²) in [5.41, 5.74) is 0.457. The summed E-state index contributed by atoms with van der Waals surface area (Å²) >= 11 is 0. The molecule has 0 bridgehead atoms. The lowest BCUT2D eigenvalue weighted by molar-refractivity contribution is -0.132. The molecule has 0 radical (unpaired) electrons. The minimum absolute atomic E-state index is 0.0207. The molecular weight excluding hydrogens is 309 g/mol. The summed E-state index contributed by atoms with van der Waals surface area (Å²) in [5, 5.41) is 7.09. The molecule has 2 aromatic rings. The number of benzene rings is 1. The van der Waals surface area contributed by atoms with E-state index in [0.29, 0.717) is 25.2 Å². The standard InChI is InChI=1S/C17H22FN5O/c1-2-15-19-16(21-20-15)12-22-7-9-23(10-8-22)17(24)11-13-5-3-4-6-14(13)18/h3-6H,2,7-12H2,1H3,(H,19,20,21). The fourth-order valence-corrected chi connectivity index (χ4v) is 2.85. The van der Waals surface area contributed by atoms with Crippen LogP contribution in [0.1, 0.15) is 24.1 Å². The lowest BCUT2D eigenvalue weighted by Crippen LogP contribution is -2.48. The Hall–Kier alpha value is -2.28. The first kappa shape index (κ1) is 16.6. The van der Waals surface area contributed by atoms with Crippen LogP contribution in [0.15, 0.2) is 24.3 Å². The molecule has 0 aliphatic carbocycles. The lowest BCUT2D eigenvalue weighted by atomic mass is 10.1. The fraction of sp³-hybridized carbons (Fsp3) is 0.471. The lowest BCUT2D eigenvalue weighted by Gasteiger charge is -2.34. The van der Waals surface area contributed by atoms with Crippen molar-refractivity contribution in [2.24, 2.45) is 0 Å². The molecule has 0 atom stereocenters. The topological polar surface area (TPSA) is 65.1 Å². The minimum atomic E-state index is -0.318. The molecule has 7 heteroatoms. The number of H-pyrrole nitrogens is 1. The van der Waals surface area contributed by atoms with E-state index in [4.69, 9.17) is 0 Å². The van der Waals surface area contributed by atoms with Gasteiger partial charge in [-0.3, -0.25) is 14.8 Å². The van der Waals surface area contributed by atoms with E-state index >= 15 is 0 Å². The molecule has 0 unspecified atom stereocenters. The monoisotopic (exact) mass is 331 g/mol. The van der Waals surface area contributed by atoms with Gasteiger partial charge in [-0.2, -0.15) is 5.10 Å². The van der Waals surface area contributed by atoms with E-state index < -0.39 is 0 Å². The normalized spacial score (nSPS) is 15.7. The number of carbonyl (C=O) groups is 1. The first-order valence-corrected chi connectivity index (χ1v) is 8.29. The van der Waals surface area contributed by atoms with Crippen molar-refractivity contribution in [3.05, 3.63) is 47.3 Å². The van der Waals surface area contributed by atoms with Gasteiger partial charge in [-0.05, 0) is 11.6 Å². The molecular formula is C17H22FN5O. The maximum atomic E-state index is 13.7. The number of hydrogen-bond acceptors (Lipinski definition) is 4. The van der Waals surface area contributed by atoms with Gasteiger partial charge in [0.05, 0.1) is 13.0 Å². The number of aromatic nitrogens is 3. The average molecular weight is 331 g/mol. The maximum Gasteiger partial charge on any atom is 0.227 e. The Kier molecular flexibility index (Phi) is 5.20. The molecule has 1 fully saturated rings. The third-order valence-corrected chi connectivity index (χ3v) is 4.29. The molecule has 1 aromatic carbocycles. The Balaban J connectivity index is 1.49. The quantitative estimate of drug-likeness (QED) is 0.899. The number of aromatic amines is 1. The highest BCUT2D eigenvalue weighted by molar-refractivity contribution is 5.79. The van der Waals surface area contributed by atoms with Crippen molar-refractivity contribution in [1.29, 1.82) is 0 Å². The van der Waals surface area contributed by atoms with E-state index in [1.165, 1.54) is 6.07 Å². The number of amides is 1. The fourth-order valence-electron chi connectivity index (χ4n) is 2.85. The van der Waals surface area contributed by atoms with E-state index in [9.17, 15) is 9.18 Å². The van der Waals surface area contributed by atoms with Crippen LogP contribution in [-0.4, -0.2) is 57.1 Å². The third kappa shape index (κ3) is 3.97. The van der Waals surface area contributed by atoms with Crippen LogP contribution in [0.25, 0.3) is 0 Å². The van der Waals surface area contributed by atoms with Gasteiger partial charge in [-0.1, -0.05) is 25.1 Å².